The summed E-state index contributed by atoms with van der Waals surface area (Å²) in [5.74, 6) is -0.530. The topological polar surface area (TPSA) is 85.6 Å². The molecule has 0 aliphatic rings. The van der Waals surface area contributed by atoms with Gasteiger partial charge in [0.2, 0.25) is 0 Å². The summed E-state index contributed by atoms with van der Waals surface area (Å²) in [5.41, 5.74) is 3.33. The normalized spacial score (nSPS) is 10.8. The third-order valence-electron chi connectivity index (χ3n) is 4.46. The minimum Gasteiger partial charge on any atom is -0.461 e. The number of fused-ring (bicyclic) bond motifs is 1. The zero-order valence-corrected chi connectivity index (χ0v) is 16.6. The molecule has 146 valence electrons. The van der Waals surface area contributed by atoms with E-state index in [0.29, 0.717) is 29.7 Å². The van der Waals surface area contributed by atoms with Crippen molar-refractivity contribution >= 4 is 34.2 Å². The molecule has 3 aromatic rings. The Morgan fingerprint density at radius 2 is 1.96 bits per heavy atom. The maximum atomic E-state index is 12.0. The number of hydrogen-bond donors (Lipinski definition) is 1. The Labute approximate surface area is 166 Å². The maximum absolute atomic E-state index is 12.0. The van der Waals surface area contributed by atoms with Gasteiger partial charge in [0, 0.05) is 40.9 Å². The first-order chi connectivity index (χ1) is 13.4. The zero-order valence-electron chi connectivity index (χ0n) is 15.7. The van der Waals surface area contributed by atoms with Crippen LogP contribution in [0.4, 0.5) is 0 Å². The zero-order chi connectivity index (χ0) is 20.1. The minimum atomic E-state index is -0.474. The smallest absolute Gasteiger partial charge is 0.336 e. The SMILES string of the molecule is Cc1cc2oc(=O)cc(COC(=O)CCCNC(=O)c3ccsc3)c2cc1C. The molecule has 0 spiro atoms. The van der Waals surface area contributed by atoms with Crippen LogP contribution in [-0.2, 0) is 16.1 Å². The molecule has 3 rings (SSSR count). The van der Waals surface area contributed by atoms with Gasteiger partial charge in [-0.2, -0.15) is 11.3 Å². The lowest BCUT2D eigenvalue weighted by atomic mass is 10.0. The molecule has 2 aromatic heterocycles. The molecular formula is C21H21NO5S. The maximum Gasteiger partial charge on any atom is 0.336 e. The monoisotopic (exact) mass is 399 g/mol. The van der Waals surface area contributed by atoms with E-state index in [1.54, 1.807) is 11.4 Å². The van der Waals surface area contributed by atoms with Gasteiger partial charge in [-0.1, -0.05) is 0 Å². The van der Waals surface area contributed by atoms with Gasteiger partial charge in [0.15, 0.2) is 0 Å². The van der Waals surface area contributed by atoms with Gasteiger partial charge in [0.1, 0.15) is 12.2 Å². The quantitative estimate of drug-likeness (QED) is 0.372. The number of carbonyl (C=O) groups is 2. The van der Waals surface area contributed by atoms with Crippen molar-refractivity contribution in [3.63, 3.8) is 0 Å². The Morgan fingerprint density at radius 1 is 1.18 bits per heavy atom. The predicted octanol–water partition coefficient (Wildman–Crippen LogP) is 3.72. The molecular weight excluding hydrogens is 378 g/mol. The fraction of sp³-hybridized carbons (Fsp3) is 0.286. The average molecular weight is 399 g/mol. The molecule has 1 N–H and O–H groups in total. The van der Waals surface area contributed by atoms with Crippen LogP contribution < -0.4 is 10.9 Å². The third-order valence-corrected chi connectivity index (χ3v) is 5.14. The Bertz CT molecular complexity index is 1050. The van der Waals surface area contributed by atoms with Crippen LogP contribution in [0.25, 0.3) is 11.0 Å². The van der Waals surface area contributed by atoms with Gasteiger partial charge in [-0.3, -0.25) is 9.59 Å². The highest BCUT2D eigenvalue weighted by molar-refractivity contribution is 7.08. The standard InChI is InChI=1S/C21H21NO5S/c1-13-8-17-16(10-20(24)27-18(17)9-14(13)2)11-26-19(23)4-3-6-22-21(25)15-5-7-28-12-15/h5,7-10,12H,3-4,6,11H2,1-2H3,(H,22,25). The van der Waals surface area contributed by atoms with E-state index in [0.717, 1.165) is 16.5 Å². The van der Waals surface area contributed by atoms with Crippen molar-refractivity contribution in [2.24, 2.45) is 0 Å². The van der Waals surface area contributed by atoms with E-state index >= 15 is 0 Å². The number of thiophene rings is 1. The van der Waals surface area contributed by atoms with Crippen LogP contribution >= 0.6 is 11.3 Å². The summed E-state index contributed by atoms with van der Waals surface area (Å²) in [6.07, 6.45) is 0.659. The highest BCUT2D eigenvalue weighted by atomic mass is 32.1. The Kier molecular flexibility index (Phi) is 6.26. The summed E-state index contributed by atoms with van der Waals surface area (Å²) in [7, 11) is 0. The molecule has 0 aliphatic carbocycles. The lowest BCUT2D eigenvalue weighted by Crippen LogP contribution is -2.24. The lowest BCUT2D eigenvalue weighted by Gasteiger charge is -2.09. The number of rotatable bonds is 7. The molecule has 0 radical (unpaired) electrons. The molecule has 0 saturated heterocycles. The Balaban J connectivity index is 1.52. The highest BCUT2D eigenvalue weighted by Crippen LogP contribution is 2.22. The van der Waals surface area contributed by atoms with Crippen LogP contribution in [0.2, 0.25) is 0 Å². The van der Waals surface area contributed by atoms with Gasteiger partial charge in [-0.25, -0.2) is 4.79 Å². The van der Waals surface area contributed by atoms with Crippen molar-refractivity contribution in [2.45, 2.75) is 33.3 Å². The van der Waals surface area contributed by atoms with Crippen molar-refractivity contribution in [2.75, 3.05) is 6.54 Å². The van der Waals surface area contributed by atoms with Crippen molar-refractivity contribution in [1.29, 1.82) is 0 Å². The van der Waals surface area contributed by atoms with E-state index in [-0.39, 0.29) is 24.9 Å². The molecule has 0 atom stereocenters. The second kappa shape index (κ2) is 8.84. The van der Waals surface area contributed by atoms with Gasteiger partial charge in [-0.05, 0) is 55.0 Å². The number of amides is 1. The summed E-state index contributed by atoms with van der Waals surface area (Å²) < 4.78 is 10.6. The van der Waals surface area contributed by atoms with Crippen LogP contribution in [0.3, 0.4) is 0 Å². The van der Waals surface area contributed by atoms with Crippen LogP contribution in [0.15, 0.2) is 44.2 Å². The van der Waals surface area contributed by atoms with E-state index in [1.165, 1.54) is 17.4 Å². The minimum absolute atomic E-state index is 0.00466. The van der Waals surface area contributed by atoms with Gasteiger partial charge in [0.25, 0.3) is 5.91 Å². The van der Waals surface area contributed by atoms with Gasteiger partial charge in [0.05, 0.1) is 0 Å². The van der Waals surface area contributed by atoms with Crippen LogP contribution in [0, 0.1) is 13.8 Å². The van der Waals surface area contributed by atoms with Gasteiger partial charge in [-0.15, -0.1) is 0 Å². The predicted molar refractivity (Wildman–Crippen MR) is 108 cm³/mol. The Hall–Kier alpha value is -2.93. The van der Waals surface area contributed by atoms with E-state index in [2.05, 4.69) is 5.32 Å². The Morgan fingerprint density at radius 3 is 2.71 bits per heavy atom. The van der Waals surface area contributed by atoms with Gasteiger partial charge < -0.3 is 14.5 Å². The summed E-state index contributed by atoms with van der Waals surface area (Å²) in [4.78, 5) is 35.6. The molecule has 0 fully saturated rings. The number of benzene rings is 1. The van der Waals surface area contributed by atoms with E-state index in [4.69, 9.17) is 9.15 Å². The number of nitrogens with one attached hydrogen (secondary N) is 1. The highest BCUT2D eigenvalue weighted by Gasteiger charge is 2.11. The molecule has 1 aromatic carbocycles. The molecule has 6 nitrogen and oxygen atoms in total. The first-order valence-corrected chi connectivity index (χ1v) is 9.88. The average Bonchev–Trinajstić information content (AvgIpc) is 3.19. The third kappa shape index (κ3) is 4.86. The number of carbonyl (C=O) groups excluding carboxylic acids is 2. The molecule has 2 heterocycles. The second-order valence-corrected chi connectivity index (χ2v) is 7.34. The van der Waals surface area contributed by atoms with Crippen molar-refractivity contribution in [3.8, 4) is 0 Å². The molecule has 28 heavy (non-hydrogen) atoms. The van der Waals surface area contributed by atoms with Crippen LogP contribution in [-0.4, -0.2) is 18.4 Å². The summed E-state index contributed by atoms with van der Waals surface area (Å²) >= 11 is 1.46. The molecule has 1 amide bonds. The second-order valence-electron chi connectivity index (χ2n) is 6.56. The largest absolute Gasteiger partial charge is 0.461 e. The lowest BCUT2D eigenvalue weighted by molar-refractivity contribution is -0.145. The number of hydrogen-bond acceptors (Lipinski definition) is 6. The van der Waals surface area contributed by atoms with Crippen molar-refractivity contribution in [1.82, 2.24) is 5.32 Å². The number of ether oxygens (including phenoxy) is 1. The number of aryl methyl sites for hydroxylation is 2. The van der Waals surface area contributed by atoms with Gasteiger partial charge >= 0.3 is 11.6 Å². The van der Waals surface area contributed by atoms with E-state index in [9.17, 15) is 14.4 Å². The summed E-state index contributed by atoms with van der Waals surface area (Å²) in [6.45, 7) is 4.31. The summed E-state index contributed by atoms with van der Waals surface area (Å²) in [5, 5.41) is 7.13. The summed E-state index contributed by atoms with van der Waals surface area (Å²) in [6, 6.07) is 6.84. The molecule has 0 bridgehead atoms. The molecule has 0 aliphatic heterocycles. The van der Waals surface area contributed by atoms with Crippen LogP contribution in [0.5, 0.6) is 0 Å². The van der Waals surface area contributed by atoms with E-state index < -0.39 is 5.63 Å². The van der Waals surface area contributed by atoms with Crippen molar-refractivity contribution < 1.29 is 18.7 Å². The van der Waals surface area contributed by atoms with E-state index in [1.807, 2.05) is 31.4 Å². The fourth-order valence-corrected chi connectivity index (χ4v) is 3.40. The molecule has 0 saturated carbocycles. The molecule has 0 unspecified atom stereocenters. The fourth-order valence-electron chi connectivity index (χ4n) is 2.76. The first kappa shape index (κ1) is 19.8. The number of esters is 1. The van der Waals surface area contributed by atoms with Crippen molar-refractivity contribution in [3.05, 3.63) is 67.7 Å². The van der Waals surface area contributed by atoms with Crippen LogP contribution in [0.1, 0.15) is 39.9 Å². The molecule has 7 heteroatoms. The first-order valence-electron chi connectivity index (χ1n) is 8.94.